The summed E-state index contributed by atoms with van der Waals surface area (Å²) >= 11 is 0. The molecule has 0 spiro atoms. The first kappa shape index (κ1) is 16.4. The Balaban J connectivity index is 1.73. The predicted molar refractivity (Wildman–Crippen MR) is 77.4 cm³/mol. The Bertz CT molecular complexity index is 674. The Hall–Kier alpha value is -1.96. The number of sulfone groups is 1. The van der Waals surface area contributed by atoms with Crippen molar-refractivity contribution in [1.82, 2.24) is 0 Å². The van der Waals surface area contributed by atoms with Crippen LogP contribution in [0.15, 0.2) is 24.3 Å². The number of anilines is 1. The van der Waals surface area contributed by atoms with Gasteiger partial charge >= 0.3 is 5.97 Å². The van der Waals surface area contributed by atoms with E-state index >= 15 is 0 Å². The van der Waals surface area contributed by atoms with Crippen LogP contribution < -0.4 is 5.32 Å². The summed E-state index contributed by atoms with van der Waals surface area (Å²) in [6.07, 6.45) is 0.416. The maximum atomic E-state index is 12.9. The minimum Gasteiger partial charge on any atom is -0.456 e. The summed E-state index contributed by atoms with van der Waals surface area (Å²) in [4.78, 5) is 23.1. The van der Waals surface area contributed by atoms with Crippen molar-refractivity contribution in [3.05, 3.63) is 30.1 Å². The van der Waals surface area contributed by atoms with Gasteiger partial charge in [0.2, 0.25) is 0 Å². The second-order valence-corrected chi connectivity index (χ2v) is 7.42. The highest BCUT2D eigenvalue weighted by Gasteiger charge is 2.29. The van der Waals surface area contributed by atoms with Gasteiger partial charge in [-0.3, -0.25) is 9.59 Å². The summed E-state index contributed by atoms with van der Waals surface area (Å²) in [6, 6.07) is 5.33. The van der Waals surface area contributed by atoms with Crippen molar-refractivity contribution < 1.29 is 27.1 Å². The molecule has 0 radical (unpaired) electrons. The lowest BCUT2D eigenvalue weighted by Crippen LogP contribution is -2.22. The number of hydrogen-bond acceptors (Lipinski definition) is 5. The van der Waals surface area contributed by atoms with Crippen LogP contribution in [-0.2, 0) is 24.2 Å². The van der Waals surface area contributed by atoms with E-state index in [1.807, 2.05) is 0 Å². The number of rotatable bonds is 5. The molecular weight excluding hydrogens is 313 g/mol. The molecule has 1 saturated heterocycles. The highest BCUT2D eigenvalue weighted by Crippen LogP contribution is 2.21. The van der Waals surface area contributed by atoms with Crippen LogP contribution in [0, 0.1) is 11.7 Å². The minimum absolute atomic E-state index is 0.0163. The van der Waals surface area contributed by atoms with Gasteiger partial charge in [-0.2, -0.15) is 0 Å². The number of esters is 1. The molecule has 0 aromatic heterocycles. The molecule has 22 heavy (non-hydrogen) atoms. The van der Waals surface area contributed by atoms with Crippen molar-refractivity contribution >= 4 is 27.4 Å². The topological polar surface area (TPSA) is 89.5 Å². The third-order valence-corrected chi connectivity index (χ3v) is 5.09. The highest BCUT2D eigenvalue weighted by atomic mass is 32.2. The highest BCUT2D eigenvalue weighted by molar-refractivity contribution is 7.91. The monoisotopic (exact) mass is 329 g/mol. The molecule has 6 nitrogen and oxygen atoms in total. The number of nitrogens with one attached hydrogen (secondary N) is 1. The lowest BCUT2D eigenvalue weighted by Gasteiger charge is -2.09. The van der Waals surface area contributed by atoms with Crippen LogP contribution in [0.25, 0.3) is 0 Å². The molecule has 1 aliphatic rings. The Morgan fingerprint density at radius 3 is 2.77 bits per heavy atom. The Labute approximate surface area is 127 Å². The summed E-state index contributed by atoms with van der Waals surface area (Å²) in [5.74, 6) is -1.86. The van der Waals surface area contributed by atoms with E-state index in [9.17, 15) is 22.4 Å². The number of carbonyl (C=O) groups excluding carboxylic acids is 2. The van der Waals surface area contributed by atoms with Gasteiger partial charge in [-0.1, -0.05) is 6.07 Å². The first-order valence-corrected chi connectivity index (χ1v) is 8.58. The first-order valence-electron chi connectivity index (χ1n) is 6.75. The van der Waals surface area contributed by atoms with Gasteiger partial charge in [-0.25, -0.2) is 12.8 Å². The molecule has 0 saturated carbocycles. The van der Waals surface area contributed by atoms with Crippen LogP contribution in [0.5, 0.6) is 0 Å². The van der Waals surface area contributed by atoms with Crippen LogP contribution in [0.3, 0.4) is 0 Å². The minimum atomic E-state index is -3.04. The zero-order valence-corrected chi connectivity index (χ0v) is 12.6. The molecule has 0 unspecified atom stereocenters. The van der Waals surface area contributed by atoms with Crippen molar-refractivity contribution in [3.63, 3.8) is 0 Å². The van der Waals surface area contributed by atoms with Crippen LogP contribution in [0.4, 0.5) is 10.1 Å². The molecule has 1 aromatic rings. The van der Waals surface area contributed by atoms with E-state index in [1.165, 1.54) is 18.2 Å². The van der Waals surface area contributed by atoms with Crippen LogP contribution in [0.2, 0.25) is 0 Å². The molecule has 1 N–H and O–H groups in total. The summed E-state index contributed by atoms with van der Waals surface area (Å²) in [6.45, 7) is -0.491. The van der Waals surface area contributed by atoms with E-state index in [0.29, 0.717) is 6.42 Å². The Morgan fingerprint density at radius 1 is 1.36 bits per heavy atom. The fourth-order valence-electron chi connectivity index (χ4n) is 2.24. The van der Waals surface area contributed by atoms with Gasteiger partial charge in [-0.15, -0.1) is 0 Å². The number of benzene rings is 1. The molecule has 0 bridgehead atoms. The van der Waals surface area contributed by atoms with E-state index in [4.69, 9.17) is 4.74 Å². The van der Waals surface area contributed by atoms with E-state index in [-0.39, 0.29) is 29.5 Å². The van der Waals surface area contributed by atoms with Crippen molar-refractivity contribution in [2.75, 3.05) is 23.4 Å². The van der Waals surface area contributed by atoms with E-state index < -0.39 is 34.1 Å². The first-order chi connectivity index (χ1) is 10.3. The van der Waals surface area contributed by atoms with Crippen LogP contribution in [-0.4, -0.2) is 38.4 Å². The van der Waals surface area contributed by atoms with E-state index in [2.05, 4.69) is 5.32 Å². The third-order valence-electron chi connectivity index (χ3n) is 3.25. The average Bonchev–Trinajstić information content (AvgIpc) is 2.75. The second kappa shape index (κ2) is 6.87. The van der Waals surface area contributed by atoms with Crippen LogP contribution in [0.1, 0.15) is 12.8 Å². The van der Waals surface area contributed by atoms with Gasteiger partial charge in [-0.05, 0) is 30.5 Å². The number of hydrogen-bond donors (Lipinski definition) is 1. The van der Waals surface area contributed by atoms with E-state index in [0.717, 1.165) is 6.07 Å². The maximum Gasteiger partial charge on any atom is 0.306 e. The lowest BCUT2D eigenvalue weighted by molar-refractivity contribution is -0.148. The molecule has 1 heterocycles. The Kier molecular flexibility index (Phi) is 5.12. The predicted octanol–water partition coefficient (Wildman–Crippen LogP) is 1.13. The average molecular weight is 329 g/mol. The van der Waals surface area contributed by atoms with Gasteiger partial charge < -0.3 is 10.1 Å². The van der Waals surface area contributed by atoms with Crippen molar-refractivity contribution in [3.8, 4) is 0 Å². The number of ether oxygens (including phenoxy) is 1. The fourth-order valence-corrected chi connectivity index (χ4v) is 4.10. The van der Waals surface area contributed by atoms with Gasteiger partial charge in [0, 0.05) is 12.1 Å². The zero-order chi connectivity index (χ0) is 16.2. The SMILES string of the molecule is O=C(COC(=O)C[C@@H]1CCS(=O)(=O)C1)Nc1cccc(F)c1. The summed E-state index contributed by atoms with van der Waals surface area (Å²) in [5.41, 5.74) is 0.267. The van der Waals surface area contributed by atoms with Crippen molar-refractivity contribution in [1.29, 1.82) is 0 Å². The van der Waals surface area contributed by atoms with E-state index in [1.54, 1.807) is 0 Å². The molecule has 1 aromatic carbocycles. The smallest absolute Gasteiger partial charge is 0.306 e. The van der Waals surface area contributed by atoms with Crippen molar-refractivity contribution in [2.45, 2.75) is 12.8 Å². The van der Waals surface area contributed by atoms with Gasteiger partial charge in [0.1, 0.15) is 5.82 Å². The van der Waals surface area contributed by atoms with Gasteiger partial charge in [0.15, 0.2) is 16.4 Å². The van der Waals surface area contributed by atoms with Gasteiger partial charge in [0.05, 0.1) is 11.5 Å². The quantitative estimate of drug-likeness (QED) is 0.818. The van der Waals surface area contributed by atoms with Crippen molar-refractivity contribution in [2.24, 2.45) is 5.92 Å². The number of halogens is 1. The molecule has 8 heteroatoms. The van der Waals surface area contributed by atoms with Crippen LogP contribution >= 0.6 is 0 Å². The summed E-state index contributed by atoms with van der Waals surface area (Å²) in [5, 5.41) is 2.39. The molecule has 120 valence electrons. The summed E-state index contributed by atoms with van der Waals surface area (Å²) in [7, 11) is -3.04. The standard InChI is InChI=1S/C14H16FNO5S/c15-11-2-1-3-12(7-11)16-13(17)8-21-14(18)6-10-4-5-22(19,20)9-10/h1-3,7,10H,4-6,8-9H2,(H,16,17)/t10-/m0/s1. The number of carbonyl (C=O) groups is 2. The molecule has 1 aliphatic heterocycles. The normalized spacial score (nSPS) is 19.6. The second-order valence-electron chi connectivity index (χ2n) is 5.19. The number of amides is 1. The lowest BCUT2D eigenvalue weighted by atomic mass is 10.1. The summed E-state index contributed by atoms with van der Waals surface area (Å²) < 4.78 is 40.3. The Morgan fingerprint density at radius 2 is 2.14 bits per heavy atom. The largest absolute Gasteiger partial charge is 0.456 e. The zero-order valence-electron chi connectivity index (χ0n) is 11.7. The maximum absolute atomic E-state index is 12.9. The molecule has 1 atom stereocenters. The molecular formula is C14H16FNO5S. The molecule has 1 fully saturated rings. The van der Waals surface area contributed by atoms with Gasteiger partial charge in [0.25, 0.3) is 5.91 Å². The third kappa shape index (κ3) is 5.10. The molecule has 2 rings (SSSR count). The fraction of sp³-hybridized carbons (Fsp3) is 0.429. The molecule has 1 amide bonds. The molecule has 0 aliphatic carbocycles.